The molecule has 1 atom stereocenters. The summed E-state index contributed by atoms with van der Waals surface area (Å²) in [6, 6.07) is 0.427. The van der Waals surface area contributed by atoms with Gasteiger partial charge in [0.15, 0.2) is 0 Å². The number of fused-ring (bicyclic) bond motifs is 1. The topological polar surface area (TPSA) is 24.9 Å². The highest BCUT2D eigenvalue weighted by molar-refractivity contribution is 6.30. The van der Waals surface area contributed by atoms with Gasteiger partial charge in [-0.05, 0) is 55.8 Å². The fraction of sp³-hybridized carbons (Fsp3) is 0.643. The molecular formula is C14H21ClN2. The van der Waals surface area contributed by atoms with Crippen LogP contribution in [0.25, 0.3) is 0 Å². The second-order valence-electron chi connectivity index (χ2n) is 4.80. The van der Waals surface area contributed by atoms with E-state index in [0.29, 0.717) is 6.04 Å². The first-order chi connectivity index (χ1) is 8.27. The van der Waals surface area contributed by atoms with Crippen molar-refractivity contribution in [1.29, 1.82) is 0 Å². The van der Waals surface area contributed by atoms with Crippen LogP contribution in [-0.4, -0.2) is 12.0 Å². The molecule has 0 unspecified atom stereocenters. The molecule has 94 valence electrons. The van der Waals surface area contributed by atoms with Gasteiger partial charge in [-0.15, -0.1) is 0 Å². The second-order valence-corrected chi connectivity index (χ2v) is 5.16. The zero-order valence-corrected chi connectivity index (χ0v) is 11.5. The van der Waals surface area contributed by atoms with Crippen molar-refractivity contribution in [1.82, 2.24) is 10.3 Å². The van der Waals surface area contributed by atoms with Gasteiger partial charge in [0.05, 0.1) is 0 Å². The van der Waals surface area contributed by atoms with Crippen molar-refractivity contribution in [3.63, 3.8) is 0 Å². The first-order valence-electron chi connectivity index (χ1n) is 6.61. The largest absolute Gasteiger partial charge is 0.313 e. The maximum Gasteiger partial charge on any atom is 0.132 e. The Bertz CT molecular complexity index is 390. The SMILES string of the molecule is CCC[C@H](NC)c1cnc(Cl)c2c1CCCC2. The van der Waals surface area contributed by atoms with Crippen molar-refractivity contribution in [2.24, 2.45) is 0 Å². The highest BCUT2D eigenvalue weighted by Crippen LogP contribution is 2.32. The Morgan fingerprint density at radius 3 is 2.71 bits per heavy atom. The van der Waals surface area contributed by atoms with Gasteiger partial charge in [-0.25, -0.2) is 4.98 Å². The Kier molecular flexibility index (Phi) is 4.41. The van der Waals surface area contributed by atoms with Crippen molar-refractivity contribution >= 4 is 11.6 Å². The smallest absolute Gasteiger partial charge is 0.132 e. The van der Waals surface area contributed by atoms with Gasteiger partial charge in [0.2, 0.25) is 0 Å². The lowest BCUT2D eigenvalue weighted by molar-refractivity contribution is 0.529. The van der Waals surface area contributed by atoms with E-state index in [4.69, 9.17) is 11.6 Å². The number of halogens is 1. The van der Waals surface area contributed by atoms with E-state index < -0.39 is 0 Å². The zero-order valence-electron chi connectivity index (χ0n) is 10.7. The molecule has 0 aromatic carbocycles. The third kappa shape index (κ3) is 2.63. The lowest BCUT2D eigenvalue weighted by atomic mass is 9.87. The van der Waals surface area contributed by atoms with Gasteiger partial charge < -0.3 is 5.32 Å². The van der Waals surface area contributed by atoms with Crippen LogP contribution in [0.5, 0.6) is 0 Å². The van der Waals surface area contributed by atoms with Crippen LogP contribution in [0.3, 0.4) is 0 Å². The average molecular weight is 253 g/mol. The first kappa shape index (κ1) is 12.8. The van der Waals surface area contributed by atoms with Gasteiger partial charge in [-0.3, -0.25) is 0 Å². The maximum absolute atomic E-state index is 6.21. The minimum atomic E-state index is 0.427. The maximum atomic E-state index is 6.21. The van der Waals surface area contributed by atoms with E-state index in [9.17, 15) is 0 Å². The summed E-state index contributed by atoms with van der Waals surface area (Å²) in [5, 5.41) is 4.12. The van der Waals surface area contributed by atoms with Crippen molar-refractivity contribution in [2.45, 2.75) is 51.5 Å². The number of pyridine rings is 1. The van der Waals surface area contributed by atoms with Gasteiger partial charge in [0.25, 0.3) is 0 Å². The van der Waals surface area contributed by atoms with Crippen LogP contribution >= 0.6 is 11.6 Å². The van der Waals surface area contributed by atoms with E-state index in [1.54, 1.807) is 0 Å². The summed E-state index contributed by atoms with van der Waals surface area (Å²) in [5.74, 6) is 0. The molecule has 17 heavy (non-hydrogen) atoms. The van der Waals surface area contributed by atoms with E-state index in [2.05, 4.69) is 17.2 Å². The second kappa shape index (κ2) is 5.83. The molecule has 0 radical (unpaired) electrons. The van der Waals surface area contributed by atoms with Crippen molar-refractivity contribution in [2.75, 3.05) is 7.05 Å². The molecule has 0 saturated carbocycles. The molecule has 0 fully saturated rings. The Balaban J connectivity index is 2.39. The van der Waals surface area contributed by atoms with Gasteiger partial charge in [-0.1, -0.05) is 24.9 Å². The lowest BCUT2D eigenvalue weighted by Gasteiger charge is -2.24. The summed E-state index contributed by atoms with van der Waals surface area (Å²) < 4.78 is 0. The van der Waals surface area contributed by atoms with Gasteiger partial charge in [0, 0.05) is 12.2 Å². The van der Waals surface area contributed by atoms with Crippen molar-refractivity contribution < 1.29 is 0 Å². The summed E-state index contributed by atoms with van der Waals surface area (Å²) >= 11 is 6.21. The number of nitrogens with one attached hydrogen (secondary N) is 1. The predicted octanol–water partition coefficient (Wildman–Crippen LogP) is 3.67. The monoisotopic (exact) mass is 252 g/mol. The minimum absolute atomic E-state index is 0.427. The average Bonchev–Trinajstić information content (AvgIpc) is 2.37. The molecule has 3 heteroatoms. The molecular weight excluding hydrogens is 232 g/mol. The number of nitrogens with zero attached hydrogens (tertiary/aromatic N) is 1. The molecule has 0 spiro atoms. The quantitative estimate of drug-likeness (QED) is 0.827. The highest BCUT2D eigenvalue weighted by atomic mass is 35.5. The molecule has 0 saturated heterocycles. The number of rotatable bonds is 4. The predicted molar refractivity (Wildman–Crippen MR) is 72.6 cm³/mol. The summed E-state index contributed by atoms with van der Waals surface area (Å²) in [5.41, 5.74) is 4.13. The normalized spacial score (nSPS) is 16.6. The van der Waals surface area contributed by atoms with Crippen LogP contribution in [0.4, 0.5) is 0 Å². The standard InChI is InChI=1S/C14H21ClN2/c1-3-6-13(16-2)12-9-17-14(15)11-8-5-4-7-10(11)12/h9,13,16H,3-8H2,1-2H3/t13-/m0/s1. The molecule has 0 aliphatic heterocycles. The van der Waals surface area contributed by atoms with Crippen LogP contribution < -0.4 is 5.32 Å². The third-order valence-corrected chi connectivity index (χ3v) is 4.01. The fourth-order valence-electron chi connectivity index (χ4n) is 2.78. The first-order valence-corrected chi connectivity index (χ1v) is 6.99. The lowest BCUT2D eigenvalue weighted by Crippen LogP contribution is -2.20. The van der Waals surface area contributed by atoms with Crippen molar-refractivity contribution in [3.05, 3.63) is 28.0 Å². The van der Waals surface area contributed by atoms with Gasteiger partial charge in [0.1, 0.15) is 5.15 Å². The number of hydrogen-bond acceptors (Lipinski definition) is 2. The van der Waals surface area contributed by atoms with E-state index in [1.807, 2.05) is 13.2 Å². The molecule has 1 aromatic rings. The summed E-state index contributed by atoms with van der Waals surface area (Å²) in [6.07, 6.45) is 9.10. The Labute approximate surface area is 109 Å². The molecule has 2 rings (SSSR count). The zero-order chi connectivity index (χ0) is 12.3. The highest BCUT2D eigenvalue weighted by Gasteiger charge is 2.21. The minimum Gasteiger partial charge on any atom is -0.313 e. The molecule has 1 aliphatic rings. The van der Waals surface area contributed by atoms with Gasteiger partial charge >= 0.3 is 0 Å². The molecule has 0 bridgehead atoms. The summed E-state index contributed by atoms with van der Waals surface area (Å²) in [6.45, 7) is 2.22. The Morgan fingerprint density at radius 2 is 2.06 bits per heavy atom. The van der Waals surface area contributed by atoms with Gasteiger partial charge in [-0.2, -0.15) is 0 Å². The van der Waals surface area contributed by atoms with Crippen LogP contribution in [0, 0.1) is 0 Å². The van der Waals surface area contributed by atoms with Crippen LogP contribution in [0.2, 0.25) is 5.15 Å². The van der Waals surface area contributed by atoms with Crippen LogP contribution in [0.1, 0.15) is 55.3 Å². The van der Waals surface area contributed by atoms with Crippen molar-refractivity contribution in [3.8, 4) is 0 Å². The number of aromatic nitrogens is 1. The summed E-state index contributed by atoms with van der Waals surface area (Å²) in [4.78, 5) is 4.37. The number of hydrogen-bond donors (Lipinski definition) is 1. The third-order valence-electron chi connectivity index (χ3n) is 3.68. The van der Waals surface area contributed by atoms with E-state index in [1.165, 1.54) is 36.0 Å². The molecule has 1 aliphatic carbocycles. The van der Waals surface area contributed by atoms with E-state index >= 15 is 0 Å². The molecule has 0 amide bonds. The van der Waals surface area contributed by atoms with Crippen LogP contribution in [-0.2, 0) is 12.8 Å². The van der Waals surface area contributed by atoms with E-state index in [0.717, 1.165) is 24.4 Å². The Hall–Kier alpha value is -0.600. The Morgan fingerprint density at radius 1 is 1.35 bits per heavy atom. The summed E-state index contributed by atoms with van der Waals surface area (Å²) in [7, 11) is 2.03. The molecule has 2 nitrogen and oxygen atoms in total. The molecule has 1 N–H and O–H groups in total. The molecule has 1 heterocycles. The van der Waals surface area contributed by atoms with E-state index in [-0.39, 0.29) is 0 Å². The fourth-order valence-corrected chi connectivity index (χ4v) is 3.04. The molecule has 1 aromatic heterocycles. The van der Waals surface area contributed by atoms with Crippen LogP contribution in [0.15, 0.2) is 6.20 Å².